The summed E-state index contributed by atoms with van der Waals surface area (Å²) in [5, 5.41) is 13.4. The Morgan fingerprint density at radius 2 is 1.74 bits per heavy atom. The first-order valence-corrected chi connectivity index (χ1v) is 13.9. The lowest BCUT2D eigenvalue weighted by Crippen LogP contribution is -2.21. The van der Waals surface area contributed by atoms with Crippen LogP contribution in [0.25, 0.3) is 6.08 Å². The highest BCUT2D eigenvalue weighted by Crippen LogP contribution is 2.36. The molecule has 0 aliphatic heterocycles. The Bertz CT molecular complexity index is 1350. The molecule has 0 fully saturated rings. The molecule has 6 nitrogen and oxygen atoms in total. The van der Waals surface area contributed by atoms with E-state index in [4.69, 9.17) is 32.7 Å². The highest BCUT2D eigenvalue weighted by atomic mass is 127. The number of nitrogens with zero attached hydrogens (tertiary/aromatic N) is 2. The van der Waals surface area contributed by atoms with Crippen LogP contribution in [0.1, 0.15) is 31.9 Å². The SMILES string of the molecule is CCOc1cc(/C=C(/C#N)C(=O)Nc2ccc(N(CC)CC)cc2)cc(I)c1OCc1ccc(Cl)c(Cl)c1. The Labute approximate surface area is 247 Å². The van der Waals surface area contributed by atoms with Crippen molar-refractivity contribution in [3.05, 3.63) is 84.9 Å². The average molecular weight is 664 g/mol. The van der Waals surface area contributed by atoms with Crippen LogP contribution in [0.5, 0.6) is 11.5 Å². The van der Waals surface area contributed by atoms with E-state index in [0.717, 1.165) is 27.9 Å². The van der Waals surface area contributed by atoms with Crippen LogP contribution in [-0.2, 0) is 11.4 Å². The van der Waals surface area contributed by atoms with E-state index in [2.05, 4.69) is 46.7 Å². The van der Waals surface area contributed by atoms with E-state index in [1.165, 1.54) is 6.08 Å². The van der Waals surface area contributed by atoms with Crippen molar-refractivity contribution in [2.45, 2.75) is 27.4 Å². The van der Waals surface area contributed by atoms with Gasteiger partial charge in [0.25, 0.3) is 5.91 Å². The first-order chi connectivity index (χ1) is 18.3. The lowest BCUT2D eigenvalue weighted by atomic mass is 10.1. The molecule has 3 rings (SSSR count). The van der Waals surface area contributed by atoms with Gasteiger partial charge in [0.1, 0.15) is 18.2 Å². The van der Waals surface area contributed by atoms with Gasteiger partial charge in [-0.05, 0) is 109 Å². The minimum Gasteiger partial charge on any atom is -0.490 e. The van der Waals surface area contributed by atoms with E-state index in [9.17, 15) is 10.1 Å². The summed E-state index contributed by atoms with van der Waals surface area (Å²) in [6.45, 7) is 8.53. The molecule has 0 saturated carbocycles. The molecule has 1 amide bonds. The third-order valence-corrected chi connectivity index (χ3v) is 7.17. The number of hydrogen-bond acceptors (Lipinski definition) is 5. The van der Waals surface area contributed by atoms with Crippen molar-refractivity contribution in [3.8, 4) is 17.6 Å². The highest BCUT2D eigenvalue weighted by molar-refractivity contribution is 14.1. The van der Waals surface area contributed by atoms with E-state index in [1.807, 2.05) is 49.4 Å². The lowest BCUT2D eigenvalue weighted by molar-refractivity contribution is -0.112. The minimum absolute atomic E-state index is 0.0273. The largest absolute Gasteiger partial charge is 0.490 e. The fourth-order valence-corrected chi connectivity index (χ4v) is 4.82. The molecule has 0 aliphatic carbocycles. The van der Waals surface area contributed by atoms with Crippen molar-refractivity contribution < 1.29 is 14.3 Å². The van der Waals surface area contributed by atoms with Gasteiger partial charge in [-0.1, -0.05) is 29.3 Å². The molecule has 0 atom stereocenters. The first-order valence-electron chi connectivity index (χ1n) is 12.1. The maximum absolute atomic E-state index is 12.9. The minimum atomic E-state index is -0.490. The van der Waals surface area contributed by atoms with Gasteiger partial charge in [-0.3, -0.25) is 4.79 Å². The summed E-state index contributed by atoms with van der Waals surface area (Å²) >= 11 is 14.3. The van der Waals surface area contributed by atoms with E-state index in [0.29, 0.717) is 39.4 Å². The third kappa shape index (κ3) is 7.79. The fourth-order valence-electron chi connectivity index (χ4n) is 3.72. The number of carbonyl (C=O) groups is 1. The smallest absolute Gasteiger partial charge is 0.266 e. The zero-order valence-corrected chi connectivity index (χ0v) is 25.0. The number of nitriles is 1. The van der Waals surface area contributed by atoms with Gasteiger partial charge >= 0.3 is 0 Å². The Balaban J connectivity index is 1.80. The molecule has 38 heavy (non-hydrogen) atoms. The lowest BCUT2D eigenvalue weighted by Gasteiger charge is -2.21. The number of rotatable bonds is 11. The number of nitrogens with one attached hydrogen (secondary N) is 1. The molecule has 1 N–H and O–H groups in total. The maximum Gasteiger partial charge on any atom is 0.266 e. The van der Waals surface area contributed by atoms with Crippen molar-refractivity contribution in [2.75, 3.05) is 29.9 Å². The molecule has 0 aliphatic rings. The van der Waals surface area contributed by atoms with Crippen LogP contribution in [0.4, 0.5) is 11.4 Å². The fraction of sp³-hybridized carbons (Fsp3) is 0.241. The van der Waals surface area contributed by atoms with Crippen molar-refractivity contribution in [1.29, 1.82) is 5.26 Å². The predicted octanol–water partition coefficient (Wildman–Crippen LogP) is 7.97. The normalized spacial score (nSPS) is 11.0. The number of ether oxygens (including phenoxy) is 2. The standard InChI is InChI=1S/C29H28Cl2IN3O3/c1-4-35(5-2)23-10-8-22(9-11-23)34-29(36)21(17-33)13-20-15-26(32)28(27(16-20)37-6-3)38-18-19-7-12-24(30)25(31)14-19/h7-16H,4-6,18H2,1-3H3,(H,34,36)/b21-13-. The van der Waals surface area contributed by atoms with Gasteiger partial charge in [0.05, 0.1) is 20.2 Å². The molecule has 0 radical (unpaired) electrons. The summed E-state index contributed by atoms with van der Waals surface area (Å²) < 4.78 is 12.6. The summed E-state index contributed by atoms with van der Waals surface area (Å²) in [4.78, 5) is 15.1. The average Bonchev–Trinajstić information content (AvgIpc) is 2.90. The summed E-state index contributed by atoms with van der Waals surface area (Å²) in [6, 6.07) is 18.5. The molecule has 0 bridgehead atoms. The number of hydrogen-bond donors (Lipinski definition) is 1. The van der Waals surface area contributed by atoms with E-state index >= 15 is 0 Å². The monoisotopic (exact) mass is 663 g/mol. The van der Waals surface area contributed by atoms with Crippen LogP contribution < -0.4 is 19.7 Å². The van der Waals surface area contributed by atoms with Gasteiger partial charge in [-0.25, -0.2) is 0 Å². The molecular weight excluding hydrogens is 636 g/mol. The van der Waals surface area contributed by atoms with E-state index < -0.39 is 5.91 Å². The Hall–Kier alpha value is -2.93. The van der Waals surface area contributed by atoms with Crippen LogP contribution in [0.2, 0.25) is 10.0 Å². The second kappa shape index (κ2) is 14.3. The first kappa shape index (κ1) is 29.6. The third-order valence-electron chi connectivity index (χ3n) is 5.63. The van der Waals surface area contributed by atoms with Crippen LogP contribution in [0.15, 0.2) is 60.2 Å². The van der Waals surface area contributed by atoms with Gasteiger partial charge in [-0.2, -0.15) is 5.26 Å². The summed E-state index contributed by atoms with van der Waals surface area (Å²) in [6.07, 6.45) is 1.53. The zero-order chi connectivity index (χ0) is 27.7. The van der Waals surface area contributed by atoms with Crippen LogP contribution in [0.3, 0.4) is 0 Å². The molecule has 0 aromatic heterocycles. The molecule has 198 valence electrons. The zero-order valence-electron chi connectivity index (χ0n) is 21.4. The van der Waals surface area contributed by atoms with Crippen molar-refractivity contribution in [2.24, 2.45) is 0 Å². The Kier molecular flexibility index (Phi) is 11.1. The molecule has 3 aromatic carbocycles. The molecule has 0 heterocycles. The van der Waals surface area contributed by atoms with Gasteiger partial charge in [0.2, 0.25) is 0 Å². The van der Waals surface area contributed by atoms with Gasteiger partial charge in [0, 0.05) is 24.5 Å². The molecular formula is C29H28Cl2IN3O3. The molecule has 9 heteroatoms. The predicted molar refractivity (Wildman–Crippen MR) is 163 cm³/mol. The summed E-state index contributed by atoms with van der Waals surface area (Å²) in [7, 11) is 0. The number of amides is 1. The number of halogens is 3. The summed E-state index contributed by atoms with van der Waals surface area (Å²) in [5.74, 6) is 0.582. The Morgan fingerprint density at radius 1 is 1.03 bits per heavy atom. The molecule has 0 unspecified atom stereocenters. The summed E-state index contributed by atoms with van der Waals surface area (Å²) in [5.41, 5.74) is 3.16. The molecule has 0 saturated heterocycles. The second-order valence-electron chi connectivity index (χ2n) is 8.14. The quantitative estimate of drug-likeness (QED) is 0.128. The van der Waals surface area contributed by atoms with Crippen molar-refractivity contribution in [3.63, 3.8) is 0 Å². The second-order valence-corrected chi connectivity index (χ2v) is 10.1. The van der Waals surface area contributed by atoms with E-state index in [-0.39, 0.29) is 12.2 Å². The molecule has 3 aromatic rings. The van der Waals surface area contributed by atoms with E-state index in [1.54, 1.807) is 18.2 Å². The maximum atomic E-state index is 12.9. The van der Waals surface area contributed by atoms with Gasteiger partial charge in [-0.15, -0.1) is 0 Å². The van der Waals surface area contributed by atoms with Crippen LogP contribution >= 0.6 is 45.8 Å². The molecule has 0 spiro atoms. The van der Waals surface area contributed by atoms with Gasteiger partial charge < -0.3 is 19.7 Å². The highest BCUT2D eigenvalue weighted by Gasteiger charge is 2.15. The van der Waals surface area contributed by atoms with Crippen molar-refractivity contribution in [1.82, 2.24) is 0 Å². The van der Waals surface area contributed by atoms with Crippen LogP contribution in [0, 0.1) is 14.9 Å². The topological polar surface area (TPSA) is 74.6 Å². The van der Waals surface area contributed by atoms with Crippen LogP contribution in [-0.4, -0.2) is 25.6 Å². The number of benzene rings is 3. The number of anilines is 2. The van der Waals surface area contributed by atoms with Crippen molar-refractivity contribution >= 4 is 69.2 Å². The number of carbonyl (C=O) groups excluding carboxylic acids is 1. The Morgan fingerprint density at radius 3 is 2.34 bits per heavy atom. The van der Waals surface area contributed by atoms with Gasteiger partial charge in [0.15, 0.2) is 11.5 Å².